The van der Waals surface area contributed by atoms with Crippen molar-refractivity contribution in [2.24, 2.45) is 10.5 Å². The Morgan fingerprint density at radius 2 is 1.57 bits per heavy atom. The van der Waals surface area contributed by atoms with Crippen LogP contribution in [0.15, 0.2) is 65.8 Å². The molecule has 2 N–H and O–H groups in total. The second kappa shape index (κ2) is 7.45. The van der Waals surface area contributed by atoms with Gasteiger partial charge in [-0.3, -0.25) is 5.43 Å². The van der Waals surface area contributed by atoms with Crippen LogP contribution in [-0.2, 0) is 0 Å². The molecule has 23 heavy (non-hydrogen) atoms. The highest BCUT2D eigenvalue weighted by Crippen LogP contribution is 2.16. The van der Waals surface area contributed by atoms with Crippen LogP contribution in [-0.4, -0.2) is 12.2 Å². The van der Waals surface area contributed by atoms with Gasteiger partial charge in [-0.2, -0.15) is 10.1 Å². The molecule has 0 saturated heterocycles. The number of carbonyl (C=O) groups is 1. The van der Waals surface area contributed by atoms with Crippen LogP contribution in [0.1, 0.15) is 20.8 Å². The number of hydrogen-bond acceptors (Lipinski definition) is 3. The summed E-state index contributed by atoms with van der Waals surface area (Å²) in [6.07, 6.45) is 1.75. The Bertz CT molecular complexity index is 648. The lowest BCUT2D eigenvalue weighted by molar-refractivity contribution is 0.248. The molecule has 0 aromatic heterocycles. The van der Waals surface area contributed by atoms with E-state index in [2.05, 4.69) is 16.0 Å². The largest absolute Gasteiger partial charge is 0.361 e. The molecule has 0 bridgehead atoms. The van der Waals surface area contributed by atoms with Crippen LogP contribution in [0.3, 0.4) is 0 Å². The number of nitrogens with zero attached hydrogens (tertiary/aromatic N) is 2. The van der Waals surface area contributed by atoms with E-state index in [9.17, 15) is 4.79 Å². The van der Waals surface area contributed by atoms with Crippen LogP contribution in [0, 0.1) is 5.41 Å². The van der Waals surface area contributed by atoms with Crippen molar-refractivity contribution < 1.29 is 4.79 Å². The number of carbonyl (C=O) groups excluding carboxylic acids is 1. The zero-order valence-electron chi connectivity index (χ0n) is 13.7. The highest BCUT2D eigenvalue weighted by molar-refractivity contribution is 5.93. The minimum Gasteiger partial charge on any atom is -0.297 e. The Morgan fingerprint density at radius 1 is 1.00 bits per heavy atom. The molecule has 2 amide bonds. The minimum absolute atomic E-state index is 0.125. The third-order valence-electron chi connectivity index (χ3n) is 2.84. The fraction of sp³-hybridized carbons (Fsp3) is 0.222. The summed E-state index contributed by atoms with van der Waals surface area (Å²) in [5, 5.41) is 5.67. The lowest BCUT2D eigenvalue weighted by Gasteiger charge is -2.20. The highest BCUT2D eigenvalue weighted by Gasteiger charge is 2.15. The van der Waals surface area contributed by atoms with Crippen LogP contribution < -0.4 is 15.9 Å². The van der Waals surface area contributed by atoms with E-state index in [1.54, 1.807) is 6.21 Å². The Kier molecular flexibility index (Phi) is 5.36. The lowest BCUT2D eigenvalue weighted by atomic mass is 9.99. The summed E-state index contributed by atoms with van der Waals surface area (Å²) in [5.74, 6) is 0. The Morgan fingerprint density at radius 3 is 2.13 bits per heavy atom. The van der Waals surface area contributed by atoms with Gasteiger partial charge in [-0.25, -0.2) is 10.2 Å². The van der Waals surface area contributed by atoms with Gasteiger partial charge >= 0.3 is 6.03 Å². The Hall–Kier alpha value is -2.82. The Labute approximate surface area is 137 Å². The van der Waals surface area contributed by atoms with E-state index >= 15 is 0 Å². The fourth-order valence-electron chi connectivity index (χ4n) is 1.74. The molecule has 0 aliphatic heterocycles. The van der Waals surface area contributed by atoms with E-state index in [4.69, 9.17) is 0 Å². The van der Waals surface area contributed by atoms with E-state index in [-0.39, 0.29) is 11.4 Å². The molecule has 5 heteroatoms. The smallest absolute Gasteiger partial charge is 0.297 e. The second-order valence-electron chi connectivity index (χ2n) is 6.18. The quantitative estimate of drug-likeness (QED) is 0.655. The van der Waals surface area contributed by atoms with Crippen molar-refractivity contribution in [3.05, 3.63) is 60.7 Å². The lowest BCUT2D eigenvalue weighted by Crippen LogP contribution is -2.40. The van der Waals surface area contributed by atoms with Gasteiger partial charge in [0.15, 0.2) is 0 Å². The first-order valence-corrected chi connectivity index (χ1v) is 7.47. The summed E-state index contributed by atoms with van der Waals surface area (Å²) >= 11 is 0. The number of nitrogens with one attached hydrogen (secondary N) is 2. The van der Waals surface area contributed by atoms with Gasteiger partial charge in [-0.05, 0) is 29.7 Å². The highest BCUT2D eigenvalue weighted by atomic mass is 16.2. The molecule has 0 spiro atoms. The van der Waals surface area contributed by atoms with E-state index in [0.717, 1.165) is 5.69 Å². The monoisotopic (exact) mass is 310 g/mol. The van der Waals surface area contributed by atoms with E-state index in [0.29, 0.717) is 5.69 Å². The summed E-state index contributed by atoms with van der Waals surface area (Å²) in [4.78, 5) is 12.5. The summed E-state index contributed by atoms with van der Waals surface area (Å²) in [6, 6.07) is 18.4. The van der Waals surface area contributed by atoms with Crippen LogP contribution in [0.4, 0.5) is 16.2 Å². The van der Waals surface area contributed by atoms with Gasteiger partial charge in [0.1, 0.15) is 0 Å². The van der Waals surface area contributed by atoms with E-state index in [1.165, 1.54) is 5.01 Å². The zero-order valence-corrected chi connectivity index (χ0v) is 13.7. The number of amides is 2. The zero-order chi connectivity index (χ0) is 16.7. The van der Waals surface area contributed by atoms with Gasteiger partial charge in [0.25, 0.3) is 0 Å². The first kappa shape index (κ1) is 16.5. The molecule has 0 saturated carbocycles. The van der Waals surface area contributed by atoms with Gasteiger partial charge in [0.05, 0.1) is 11.4 Å². The molecule has 0 aliphatic rings. The van der Waals surface area contributed by atoms with Gasteiger partial charge in [0.2, 0.25) is 0 Å². The molecular formula is C18H22N4O. The van der Waals surface area contributed by atoms with Crippen molar-refractivity contribution in [3.63, 3.8) is 0 Å². The molecule has 5 nitrogen and oxygen atoms in total. The van der Waals surface area contributed by atoms with Crippen molar-refractivity contribution in [2.45, 2.75) is 20.8 Å². The SMILES string of the molecule is CC(C)(C)/C=N/N(C(=O)NNc1ccccc1)c1ccccc1. The fourth-order valence-corrected chi connectivity index (χ4v) is 1.74. The number of rotatable bonds is 4. The van der Waals surface area contributed by atoms with E-state index < -0.39 is 0 Å². The molecule has 0 unspecified atom stereocenters. The predicted octanol–water partition coefficient (Wildman–Crippen LogP) is 4.26. The third-order valence-corrected chi connectivity index (χ3v) is 2.84. The molecule has 120 valence electrons. The van der Waals surface area contributed by atoms with Gasteiger partial charge in [-0.15, -0.1) is 0 Å². The molecule has 2 aromatic carbocycles. The number of benzene rings is 2. The van der Waals surface area contributed by atoms with Crippen LogP contribution in [0.25, 0.3) is 0 Å². The first-order valence-electron chi connectivity index (χ1n) is 7.47. The summed E-state index contributed by atoms with van der Waals surface area (Å²) in [6.45, 7) is 6.08. The summed E-state index contributed by atoms with van der Waals surface area (Å²) < 4.78 is 0. The predicted molar refractivity (Wildman–Crippen MR) is 95.5 cm³/mol. The molecule has 2 aromatic rings. The number of urea groups is 1. The normalized spacial score (nSPS) is 11.3. The second-order valence-corrected chi connectivity index (χ2v) is 6.18. The summed E-state index contributed by atoms with van der Waals surface area (Å²) in [5.41, 5.74) is 6.90. The van der Waals surface area contributed by atoms with Crippen LogP contribution >= 0.6 is 0 Å². The van der Waals surface area contributed by atoms with Crippen LogP contribution in [0.2, 0.25) is 0 Å². The van der Waals surface area contributed by atoms with Gasteiger partial charge in [0, 0.05) is 6.21 Å². The number of hydrazine groups is 1. The molecular weight excluding hydrogens is 288 g/mol. The van der Waals surface area contributed by atoms with Crippen molar-refractivity contribution in [1.82, 2.24) is 5.43 Å². The number of hydrazone groups is 1. The molecule has 0 aliphatic carbocycles. The molecule has 2 rings (SSSR count). The molecule has 0 atom stereocenters. The van der Waals surface area contributed by atoms with Crippen molar-refractivity contribution in [1.29, 1.82) is 0 Å². The third kappa shape index (κ3) is 5.47. The average Bonchev–Trinajstić information content (AvgIpc) is 2.54. The number of hydrogen-bond donors (Lipinski definition) is 2. The van der Waals surface area contributed by atoms with Gasteiger partial charge in [-0.1, -0.05) is 57.2 Å². The first-order chi connectivity index (χ1) is 11.0. The maximum atomic E-state index is 12.5. The van der Waals surface area contributed by atoms with Crippen molar-refractivity contribution >= 4 is 23.6 Å². The Balaban J connectivity index is 2.13. The maximum Gasteiger partial charge on any atom is 0.361 e. The van der Waals surface area contributed by atoms with Gasteiger partial charge < -0.3 is 0 Å². The standard InChI is InChI=1S/C18H22N4O/c1-18(2,3)14-19-22(16-12-8-5-9-13-16)17(23)21-20-15-10-6-4-7-11-15/h4-14,20H,1-3H3,(H,21,23)/b19-14+. The van der Waals surface area contributed by atoms with Crippen LogP contribution in [0.5, 0.6) is 0 Å². The number of para-hydroxylation sites is 2. The summed E-state index contributed by atoms with van der Waals surface area (Å²) in [7, 11) is 0. The van der Waals surface area contributed by atoms with Crippen molar-refractivity contribution in [3.8, 4) is 0 Å². The van der Waals surface area contributed by atoms with E-state index in [1.807, 2.05) is 81.4 Å². The molecule has 0 radical (unpaired) electrons. The average molecular weight is 310 g/mol. The topological polar surface area (TPSA) is 56.7 Å². The minimum atomic E-state index is -0.361. The maximum absolute atomic E-state index is 12.5. The van der Waals surface area contributed by atoms with Crippen molar-refractivity contribution in [2.75, 3.05) is 10.4 Å². The molecule has 0 heterocycles. The number of anilines is 2. The molecule has 0 fully saturated rings.